The number of nitrogens with zero attached hydrogens (tertiary/aromatic N) is 2. The molecule has 18 heavy (non-hydrogen) atoms. The molecule has 5 heteroatoms. The Kier molecular flexibility index (Phi) is 3.61. The third kappa shape index (κ3) is 2.90. The minimum Gasteiger partial charge on any atom is -0.487 e. The third-order valence-corrected chi connectivity index (χ3v) is 4.05. The second-order valence-electron chi connectivity index (χ2n) is 4.70. The number of ether oxygens (including phenoxy) is 2. The van der Waals surface area contributed by atoms with Gasteiger partial charge in [-0.2, -0.15) is 11.8 Å². The molecule has 1 aromatic rings. The summed E-state index contributed by atoms with van der Waals surface area (Å²) in [5.41, 5.74) is 1.14. The Bertz CT molecular complexity index is 417. The van der Waals surface area contributed by atoms with E-state index in [1.165, 1.54) is 11.5 Å². The van der Waals surface area contributed by atoms with Crippen LogP contribution < -0.4 is 9.64 Å². The highest BCUT2D eigenvalue weighted by Gasteiger charge is 2.24. The molecule has 0 amide bonds. The first-order valence-corrected chi connectivity index (χ1v) is 7.52. The molecule has 2 aliphatic rings. The van der Waals surface area contributed by atoms with Crippen molar-refractivity contribution in [3.05, 3.63) is 17.8 Å². The fourth-order valence-corrected chi connectivity index (χ4v) is 2.90. The molecule has 1 atom stereocenters. The molecule has 4 nitrogen and oxygen atoms in total. The van der Waals surface area contributed by atoms with Crippen molar-refractivity contribution >= 4 is 17.6 Å². The normalized spacial score (nSPS) is 22.9. The standard InChI is InChI=1S/C13H18N2O2S/c1-10-6-12(17-9-11-8-16-11)13(14-7-10)15-2-4-18-5-3-15/h6-7,11H,2-5,8-9H2,1H3/t11-/m0/s1. The van der Waals surface area contributed by atoms with Gasteiger partial charge in [0.25, 0.3) is 0 Å². The maximum Gasteiger partial charge on any atom is 0.171 e. The number of hydrogen-bond acceptors (Lipinski definition) is 5. The van der Waals surface area contributed by atoms with Crippen LogP contribution in [0.3, 0.4) is 0 Å². The van der Waals surface area contributed by atoms with Crippen LogP contribution in [0.25, 0.3) is 0 Å². The quantitative estimate of drug-likeness (QED) is 0.776. The first kappa shape index (κ1) is 12.1. The summed E-state index contributed by atoms with van der Waals surface area (Å²) in [6.07, 6.45) is 2.20. The highest BCUT2D eigenvalue weighted by molar-refractivity contribution is 7.99. The predicted octanol–water partition coefficient (Wildman–Crippen LogP) is 1.72. The van der Waals surface area contributed by atoms with E-state index in [4.69, 9.17) is 9.47 Å². The molecule has 3 rings (SSSR count). The summed E-state index contributed by atoms with van der Waals surface area (Å²) in [5.74, 6) is 4.22. The molecule has 0 radical (unpaired) electrons. The Labute approximate surface area is 112 Å². The van der Waals surface area contributed by atoms with Gasteiger partial charge < -0.3 is 14.4 Å². The van der Waals surface area contributed by atoms with Gasteiger partial charge >= 0.3 is 0 Å². The Morgan fingerprint density at radius 3 is 3.00 bits per heavy atom. The SMILES string of the molecule is Cc1cnc(N2CCSCC2)c(OC[C@@H]2CO2)c1. The van der Waals surface area contributed by atoms with Crippen LogP contribution in [-0.2, 0) is 4.74 Å². The van der Waals surface area contributed by atoms with Crippen molar-refractivity contribution in [2.24, 2.45) is 0 Å². The van der Waals surface area contributed by atoms with Crippen LogP contribution in [-0.4, -0.2) is 48.9 Å². The molecule has 0 saturated carbocycles. The molecule has 3 heterocycles. The van der Waals surface area contributed by atoms with Crippen LogP contribution in [0.2, 0.25) is 0 Å². The van der Waals surface area contributed by atoms with Gasteiger partial charge in [-0.3, -0.25) is 0 Å². The Morgan fingerprint density at radius 2 is 2.28 bits per heavy atom. The van der Waals surface area contributed by atoms with Crippen LogP contribution in [0.15, 0.2) is 12.3 Å². The van der Waals surface area contributed by atoms with Crippen LogP contribution in [0.1, 0.15) is 5.56 Å². The van der Waals surface area contributed by atoms with Gasteiger partial charge in [0, 0.05) is 30.8 Å². The molecular formula is C13H18N2O2S. The van der Waals surface area contributed by atoms with Gasteiger partial charge in [-0.1, -0.05) is 0 Å². The van der Waals surface area contributed by atoms with Crippen molar-refractivity contribution in [3.63, 3.8) is 0 Å². The van der Waals surface area contributed by atoms with Crippen molar-refractivity contribution in [3.8, 4) is 5.75 Å². The molecule has 2 aliphatic heterocycles. The van der Waals surface area contributed by atoms with E-state index >= 15 is 0 Å². The number of epoxide rings is 1. The monoisotopic (exact) mass is 266 g/mol. The van der Waals surface area contributed by atoms with Gasteiger partial charge in [0.2, 0.25) is 0 Å². The topological polar surface area (TPSA) is 37.9 Å². The van der Waals surface area contributed by atoms with Gasteiger partial charge in [-0.25, -0.2) is 4.98 Å². The highest BCUT2D eigenvalue weighted by atomic mass is 32.2. The zero-order valence-electron chi connectivity index (χ0n) is 10.6. The smallest absolute Gasteiger partial charge is 0.171 e. The maximum absolute atomic E-state index is 5.86. The summed E-state index contributed by atoms with van der Waals surface area (Å²) in [5, 5.41) is 0. The summed E-state index contributed by atoms with van der Waals surface area (Å²) in [6, 6.07) is 2.08. The maximum atomic E-state index is 5.86. The molecule has 1 aromatic heterocycles. The molecule has 0 aromatic carbocycles. The minimum atomic E-state index is 0.287. The number of hydrogen-bond donors (Lipinski definition) is 0. The second-order valence-corrected chi connectivity index (χ2v) is 5.92. The Balaban J connectivity index is 1.76. The van der Waals surface area contributed by atoms with Crippen molar-refractivity contribution < 1.29 is 9.47 Å². The van der Waals surface area contributed by atoms with E-state index in [2.05, 4.69) is 16.0 Å². The lowest BCUT2D eigenvalue weighted by Crippen LogP contribution is -2.33. The molecule has 0 bridgehead atoms. The van der Waals surface area contributed by atoms with Gasteiger partial charge in [0.1, 0.15) is 12.7 Å². The van der Waals surface area contributed by atoms with E-state index in [0.29, 0.717) is 6.61 Å². The summed E-state index contributed by atoms with van der Waals surface area (Å²) in [6.45, 7) is 5.62. The fourth-order valence-electron chi connectivity index (χ4n) is 2.00. The van der Waals surface area contributed by atoms with Crippen LogP contribution in [0, 0.1) is 6.92 Å². The zero-order valence-corrected chi connectivity index (χ0v) is 11.4. The van der Waals surface area contributed by atoms with Crippen LogP contribution >= 0.6 is 11.8 Å². The van der Waals surface area contributed by atoms with E-state index in [9.17, 15) is 0 Å². The highest BCUT2D eigenvalue weighted by Crippen LogP contribution is 2.29. The molecule has 0 unspecified atom stereocenters. The summed E-state index contributed by atoms with van der Waals surface area (Å²) in [7, 11) is 0. The molecule has 0 spiro atoms. The lowest BCUT2D eigenvalue weighted by atomic mass is 10.3. The summed E-state index contributed by atoms with van der Waals surface area (Å²) in [4.78, 5) is 6.87. The number of aryl methyl sites for hydroxylation is 1. The van der Waals surface area contributed by atoms with E-state index in [0.717, 1.165) is 36.8 Å². The minimum absolute atomic E-state index is 0.287. The lowest BCUT2D eigenvalue weighted by molar-refractivity contribution is 0.262. The third-order valence-electron chi connectivity index (χ3n) is 3.11. The van der Waals surface area contributed by atoms with Crippen molar-refractivity contribution in [2.45, 2.75) is 13.0 Å². The van der Waals surface area contributed by atoms with Crippen LogP contribution in [0.5, 0.6) is 5.75 Å². The molecule has 0 N–H and O–H groups in total. The average molecular weight is 266 g/mol. The summed E-state index contributed by atoms with van der Waals surface area (Å²) < 4.78 is 11.0. The van der Waals surface area contributed by atoms with Gasteiger partial charge in [0.05, 0.1) is 6.61 Å². The molecule has 0 aliphatic carbocycles. The van der Waals surface area contributed by atoms with E-state index in [1.807, 2.05) is 24.9 Å². The second kappa shape index (κ2) is 5.36. The number of pyridine rings is 1. The number of rotatable bonds is 4. The molecule has 2 fully saturated rings. The van der Waals surface area contributed by atoms with Gasteiger partial charge in [-0.05, 0) is 18.6 Å². The van der Waals surface area contributed by atoms with E-state index in [1.54, 1.807) is 0 Å². The number of aromatic nitrogens is 1. The van der Waals surface area contributed by atoms with E-state index < -0.39 is 0 Å². The van der Waals surface area contributed by atoms with Crippen molar-refractivity contribution in [2.75, 3.05) is 42.7 Å². The Morgan fingerprint density at radius 1 is 1.50 bits per heavy atom. The van der Waals surface area contributed by atoms with Crippen LogP contribution in [0.4, 0.5) is 5.82 Å². The summed E-state index contributed by atoms with van der Waals surface area (Å²) >= 11 is 2.00. The first-order chi connectivity index (χ1) is 8.83. The van der Waals surface area contributed by atoms with E-state index in [-0.39, 0.29) is 6.10 Å². The predicted molar refractivity (Wildman–Crippen MR) is 73.7 cm³/mol. The lowest BCUT2D eigenvalue weighted by Gasteiger charge is -2.28. The zero-order chi connectivity index (χ0) is 12.4. The largest absolute Gasteiger partial charge is 0.487 e. The van der Waals surface area contributed by atoms with Crippen molar-refractivity contribution in [1.29, 1.82) is 0 Å². The first-order valence-electron chi connectivity index (χ1n) is 6.36. The fraction of sp³-hybridized carbons (Fsp3) is 0.615. The molecular weight excluding hydrogens is 248 g/mol. The number of anilines is 1. The molecule has 2 saturated heterocycles. The van der Waals surface area contributed by atoms with Gasteiger partial charge in [0.15, 0.2) is 11.6 Å². The van der Waals surface area contributed by atoms with Crippen molar-refractivity contribution in [1.82, 2.24) is 4.98 Å². The number of thioether (sulfide) groups is 1. The average Bonchev–Trinajstić information content (AvgIpc) is 3.21. The van der Waals surface area contributed by atoms with Gasteiger partial charge in [-0.15, -0.1) is 0 Å². The molecule has 98 valence electrons. The Hall–Kier alpha value is -0.940.